The second kappa shape index (κ2) is 7.47. The smallest absolute Gasteiger partial charge is 0.306 e. The highest BCUT2D eigenvalue weighted by atomic mass is 16.5. The topological polar surface area (TPSA) is 46.5 Å². The molecule has 1 spiro atoms. The summed E-state index contributed by atoms with van der Waals surface area (Å²) in [6.45, 7) is 9.64. The fraction of sp³-hybridized carbons (Fsp3) is 0.964. The van der Waals surface area contributed by atoms with E-state index in [1.54, 1.807) is 0 Å². The van der Waals surface area contributed by atoms with Crippen molar-refractivity contribution in [2.45, 2.75) is 104 Å². The molecule has 0 bridgehead atoms. The molecule has 0 aromatic carbocycles. The Morgan fingerprint density at radius 3 is 2.52 bits per heavy atom. The Morgan fingerprint density at radius 2 is 1.84 bits per heavy atom. The van der Waals surface area contributed by atoms with Crippen LogP contribution in [0.25, 0.3) is 0 Å². The van der Waals surface area contributed by atoms with Gasteiger partial charge in [-0.2, -0.15) is 0 Å². The first-order chi connectivity index (χ1) is 14.7. The molecule has 0 amide bonds. The Kier molecular flexibility index (Phi) is 5.36. The van der Waals surface area contributed by atoms with Gasteiger partial charge in [0.2, 0.25) is 0 Å². The van der Waals surface area contributed by atoms with Gasteiger partial charge in [-0.05, 0) is 104 Å². The number of carbonyl (C=O) groups is 1. The molecule has 0 aromatic rings. The zero-order valence-electron chi connectivity index (χ0n) is 20.7. The number of rotatable bonds is 7. The van der Waals surface area contributed by atoms with Crippen LogP contribution >= 0.6 is 0 Å². The third kappa shape index (κ3) is 2.96. The fourth-order valence-corrected chi connectivity index (χ4v) is 10.6. The van der Waals surface area contributed by atoms with Crippen molar-refractivity contribution >= 4 is 5.97 Å². The number of ether oxygens (including phenoxy) is 1. The van der Waals surface area contributed by atoms with Crippen LogP contribution in [-0.4, -0.2) is 24.3 Å². The van der Waals surface area contributed by atoms with E-state index >= 15 is 0 Å². The predicted molar refractivity (Wildman–Crippen MR) is 124 cm³/mol. The molecule has 5 fully saturated rings. The van der Waals surface area contributed by atoms with Gasteiger partial charge in [-0.1, -0.05) is 40.5 Å². The first-order valence-electron chi connectivity index (χ1n) is 13.4. The number of hydrogen-bond acceptors (Lipinski definition) is 2. The summed E-state index contributed by atoms with van der Waals surface area (Å²) in [6.07, 6.45) is 14.9. The van der Waals surface area contributed by atoms with Gasteiger partial charge in [0, 0.05) is 12.5 Å². The molecule has 5 aliphatic rings. The molecule has 0 heterocycles. The second-order valence-electron chi connectivity index (χ2n) is 13.1. The molecule has 5 rings (SSSR count). The van der Waals surface area contributed by atoms with Crippen LogP contribution in [0, 0.1) is 57.7 Å². The van der Waals surface area contributed by atoms with E-state index < -0.39 is 5.97 Å². The lowest BCUT2D eigenvalue weighted by Gasteiger charge is -2.61. The molecular weight excluding hydrogens is 384 g/mol. The molecule has 31 heavy (non-hydrogen) atoms. The van der Waals surface area contributed by atoms with Gasteiger partial charge < -0.3 is 9.84 Å². The van der Waals surface area contributed by atoms with Crippen LogP contribution in [0.4, 0.5) is 0 Å². The van der Waals surface area contributed by atoms with E-state index in [1.807, 2.05) is 14.0 Å². The lowest BCUT2D eigenvalue weighted by molar-refractivity contribution is -0.161. The third-order valence-corrected chi connectivity index (χ3v) is 12.3. The SMILES string of the molecule is CO[C@@H]1C[C@H]2[C@@H]3CC[C@H]([C@H](C)CCC[C@H](C)C(=O)O)[C@@]3(C)CC[C@@H]2[C@@]2(C)CC[C@@H]3C[C@]312. The lowest BCUT2D eigenvalue weighted by atomic mass is 9.45. The highest BCUT2D eigenvalue weighted by molar-refractivity contribution is 5.69. The van der Waals surface area contributed by atoms with Crippen LogP contribution in [0.2, 0.25) is 0 Å². The van der Waals surface area contributed by atoms with Gasteiger partial charge in [-0.3, -0.25) is 4.79 Å². The average molecular weight is 431 g/mol. The summed E-state index contributed by atoms with van der Waals surface area (Å²) in [5.41, 5.74) is 1.54. The van der Waals surface area contributed by atoms with Crippen molar-refractivity contribution in [1.82, 2.24) is 0 Å². The van der Waals surface area contributed by atoms with E-state index in [0.717, 1.165) is 48.3 Å². The highest BCUT2D eigenvalue weighted by Crippen LogP contribution is 2.82. The van der Waals surface area contributed by atoms with Gasteiger partial charge >= 0.3 is 5.97 Å². The maximum Gasteiger partial charge on any atom is 0.306 e. The Balaban J connectivity index is 1.30. The number of carboxylic acids is 1. The van der Waals surface area contributed by atoms with Crippen molar-refractivity contribution in [3.05, 3.63) is 0 Å². The van der Waals surface area contributed by atoms with Crippen molar-refractivity contribution in [2.24, 2.45) is 57.7 Å². The zero-order valence-corrected chi connectivity index (χ0v) is 20.7. The van der Waals surface area contributed by atoms with Crippen molar-refractivity contribution in [3.8, 4) is 0 Å². The van der Waals surface area contributed by atoms with Gasteiger partial charge in [-0.15, -0.1) is 0 Å². The first kappa shape index (κ1) is 22.2. The lowest BCUT2D eigenvalue weighted by Crippen LogP contribution is -2.57. The molecule has 11 atom stereocenters. The standard InChI is InChI=1S/C28H46O3/c1-17(7-6-8-18(2)25(29)30)21-9-10-22-20-15-24(31-5)28-16-19(28)11-14-27(28,4)23(20)12-13-26(21,22)3/h17-24H,6-16H2,1-5H3,(H,29,30)/t17-,18+,19-,20+,21-,22+,23+,24-,26-,27-,28+/m1/s1. The fourth-order valence-electron chi connectivity index (χ4n) is 10.6. The van der Waals surface area contributed by atoms with Gasteiger partial charge in [0.1, 0.15) is 0 Å². The van der Waals surface area contributed by atoms with Crippen LogP contribution in [0.3, 0.4) is 0 Å². The maximum atomic E-state index is 11.2. The highest BCUT2D eigenvalue weighted by Gasteiger charge is 2.77. The van der Waals surface area contributed by atoms with Crippen LogP contribution < -0.4 is 0 Å². The number of carboxylic acid groups (broad SMARTS) is 1. The Labute approximate surface area is 190 Å². The average Bonchev–Trinajstić information content (AvgIpc) is 3.24. The molecule has 3 nitrogen and oxygen atoms in total. The summed E-state index contributed by atoms with van der Waals surface area (Å²) in [5, 5.41) is 9.20. The molecule has 176 valence electrons. The number of fused-ring (bicyclic) bond motifs is 4. The normalized spacial score (nSPS) is 51.9. The first-order valence-corrected chi connectivity index (χ1v) is 13.4. The van der Waals surface area contributed by atoms with Gasteiger partial charge in [0.15, 0.2) is 0 Å². The molecule has 0 saturated heterocycles. The molecule has 0 unspecified atom stereocenters. The van der Waals surface area contributed by atoms with E-state index in [9.17, 15) is 9.90 Å². The van der Waals surface area contributed by atoms with E-state index in [1.165, 1.54) is 57.8 Å². The largest absolute Gasteiger partial charge is 0.481 e. The quantitative estimate of drug-likeness (QED) is 0.483. The zero-order chi connectivity index (χ0) is 22.2. The molecule has 0 aliphatic heterocycles. The minimum absolute atomic E-state index is 0.200. The van der Waals surface area contributed by atoms with Crippen LogP contribution in [0.15, 0.2) is 0 Å². The summed E-state index contributed by atoms with van der Waals surface area (Å²) >= 11 is 0. The number of methoxy groups -OCH3 is 1. The van der Waals surface area contributed by atoms with Crippen molar-refractivity contribution in [2.75, 3.05) is 7.11 Å². The predicted octanol–water partition coefficient (Wildman–Crippen LogP) is 6.80. The molecule has 1 N–H and O–H groups in total. The van der Waals surface area contributed by atoms with Gasteiger partial charge in [-0.25, -0.2) is 0 Å². The summed E-state index contributed by atoms with van der Waals surface area (Å²) in [7, 11) is 1.99. The molecule has 0 radical (unpaired) electrons. The van der Waals surface area contributed by atoms with Crippen LogP contribution in [0.1, 0.15) is 98.3 Å². The molecule has 3 heteroatoms. The summed E-state index contributed by atoms with van der Waals surface area (Å²) in [6, 6.07) is 0. The number of aliphatic carboxylic acids is 1. The Bertz CT molecular complexity index is 719. The van der Waals surface area contributed by atoms with Crippen molar-refractivity contribution < 1.29 is 14.6 Å². The van der Waals surface area contributed by atoms with Crippen molar-refractivity contribution in [3.63, 3.8) is 0 Å². The van der Waals surface area contributed by atoms with Crippen LogP contribution in [0.5, 0.6) is 0 Å². The maximum absolute atomic E-state index is 11.2. The number of hydrogen-bond donors (Lipinski definition) is 1. The molecular formula is C28H46O3. The monoisotopic (exact) mass is 430 g/mol. The summed E-state index contributed by atoms with van der Waals surface area (Å²) in [5.74, 6) is 4.32. The van der Waals surface area contributed by atoms with Crippen LogP contribution in [-0.2, 0) is 9.53 Å². The van der Waals surface area contributed by atoms with E-state index in [2.05, 4.69) is 20.8 Å². The third-order valence-electron chi connectivity index (χ3n) is 12.3. The van der Waals surface area contributed by atoms with Crippen molar-refractivity contribution in [1.29, 1.82) is 0 Å². The molecule has 5 saturated carbocycles. The summed E-state index contributed by atoms with van der Waals surface area (Å²) < 4.78 is 6.27. The minimum Gasteiger partial charge on any atom is -0.481 e. The van der Waals surface area contributed by atoms with E-state index in [0.29, 0.717) is 22.3 Å². The van der Waals surface area contributed by atoms with Gasteiger partial charge in [0.25, 0.3) is 0 Å². The summed E-state index contributed by atoms with van der Waals surface area (Å²) in [4.78, 5) is 11.2. The molecule has 0 aromatic heterocycles. The van der Waals surface area contributed by atoms with Gasteiger partial charge in [0.05, 0.1) is 12.0 Å². The second-order valence-corrected chi connectivity index (χ2v) is 13.1. The Morgan fingerprint density at radius 1 is 1.06 bits per heavy atom. The Hall–Kier alpha value is -0.570. The van der Waals surface area contributed by atoms with E-state index in [-0.39, 0.29) is 5.92 Å². The van der Waals surface area contributed by atoms with E-state index in [4.69, 9.17) is 4.74 Å². The molecule has 5 aliphatic carbocycles. The minimum atomic E-state index is -0.639.